The zero-order valence-electron chi connectivity index (χ0n) is 32.6. The summed E-state index contributed by atoms with van der Waals surface area (Å²) in [5.74, 6) is 0. The molecule has 1 saturated heterocycles. The first-order valence-electron chi connectivity index (χ1n) is 17.4. The van der Waals surface area contributed by atoms with Crippen LogP contribution in [0.2, 0.25) is 0 Å². The van der Waals surface area contributed by atoms with Gasteiger partial charge in [-0.3, -0.25) is 0 Å². The molecule has 0 bridgehead atoms. The average Bonchev–Trinajstić information content (AvgIpc) is 2.79. The summed E-state index contributed by atoms with van der Waals surface area (Å²) in [6.45, 7) is 48.7. The zero-order valence-corrected chi connectivity index (χ0v) is 34.4. The molecule has 2 aromatic rings. The molecule has 0 radical (unpaired) electrons. The van der Waals surface area contributed by atoms with Crippen LogP contribution in [-0.4, -0.2) is 5.66 Å². The maximum Gasteiger partial charge on any atom is -0.0130 e. The van der Waals surface area contributed by atoms with Gasteiger partial charge in [0.15, 0.2) is 0 Å². The predicted molar refractivity (Wildman–Crippen MR) is 204 cm³/mol. The van der Waals surface area contributed by atoms with Gasteiger partial charge >= 0.3 is 0 Å². The van der Waals surface area contributed by atoms with Gasteiger partial charge in [-0.15, -0.1) is 18.7 Å². The summed E-state index contributed by atoms with van der Waals surface area (Å²) in [6, 6.07) is 10.4. The number of benzene rings is 2. The molecule has 3 atom stereocenters. The Morgan fingerprint density at radius 3 is 0.932 bits per heavy atom. The topological polar surface area (TPSA) is 0 Å². The summed E-state index contributed by atoms with van der Waals surface area (Å²) in [4.78, 5) is 0. The van der Waals surface area contributed by atoms with Crippen molar-refractivity contribution in [2.45, 2.75) is 194 Å². The largest absolute Gasteiger partial charge is 0.514 e. The third-order valence-electron chi connectivity index (χ3n) is 9.79. The normalized spacial score (nSPS) is 21.9. The van der Waals surface area contributed by atoms with Crippen molar-refractivity contribution in [2.75, 3.05) is 0 Å². The Morgan fingerprint density at radius 2 is 0.750 bits per heavy atom. The van der Waals surface area contributed by atoms with Crippen LogP contribution in [0.1, 0.15) is 200 Å². The molecule has 0 nitrogen and oxygen atoms in total. The number of hydrogen-bond acceptors (Lipinski definition) is 0. The van der Waals surface area contributed by atoms with Crippen molar-refractivity contribution in [3.8, 4) is 0 Å². The predicted octanol–water partition coefficient (Wildman–Crippen LogP) is 14.4. The first kappa shape index (κ1) is 37.8. The van der Waals surface area contributed by atoms with Crippen LogP contribution in [0.25, 0.3) is 0 Å². The minimum Gasteiger partial charge on any atom is -0.514 e. The number of rotatable bonds is 4. The van der Waals surface area contributed by atoms with Gasteiger partial charge in [-0.25, -0.2) is 0 Å². The maximum atomic E-state index is 2.61. The summed E-state index contributed by atoms with van der Waals surface area (Å²) in [6.07, 6.45) is 1.25. The second-order valence-corrected chi connectivity index (χ2v) is 25.0. The summed E-state index contributed by atoms with van der Waals surface area (Å²) < 4.78 is 0. The number of hydrogen-bond donors (Lipinski definition) is 0. The van der Waals surface area contributed by atoms with Crippen LogP contribution in [0.15, 0.2) is 24.3 Å². The van der Waals surface area contributed by atoms with Crippen molar-refractivity contribution in [1.82, 2.24) is 0 Å². The average molecular weight is 636 g/mol. The van der Waals surface area contributed by atoms with Crippen LogP contribution in [0.4, 0.5) is 0 Å². The van der Waals surface area contributed by atoms with Crippen LogP contribution in [-0.2, 0) is 32.5 Å². The van der Waals surface area contributed by atoms with Crippen molar-refractivity contribution in [3.05, 3.63) is 68.8 Å². The van der Waals surface area contributed by atoms with Crippen molar-refractivity contribution < 1.29 is 0 Å². The minimum absolute atomic E-state index is 0.0924. The van der Waals surface area contributed by atoms with Gasteiger partial charge in [-0.1, -0.05) is 174 Å². The van der Waals surface area contributed by atoms with Crippen molar-refractivity contribution >= 4 is 16.5 Å². The Kier molecular flexibility index (Phi) is 10.4. The van der Waals surface area contributed by atoms with Crippen molar-refractivity contribution in [3.63, 3.8) is 0 Å². The Balaban J connectivity index is 2.42. The molecule has 0 aromatic heterocycles. The van der Waals surface area contributed by atoms with Gasteiger partial charge < -0.3 is 8.58 Å². The molecule has 3 unspecified atom stereocenters. The van der Waals surface area contributed by atoms with E-state index in [1.54, 1.807) is 42.0 Å². The van der Waals surface area contributed by atoms with E-state index in [0.717, 1.165) is 0 Å². The van der Waals surface area contributed by atoms with E-state index in [1.807, 2.05) is 0 Å². The van der Waals surface area contributed by atoms with Gasteiger partial charge in [0.1, 0.15) is 0 Å². The molecule has 1 fully saturated rings. The summed E-state index contributed by atoms with van der Waals surface area (Å²) in [7, 11) is 1.34. The highest BCUT2D eigenvalue weighted by atomic mass is 31.2. The van der Waals surface area contributed by atoms with Gasteiger partial charge in [0.2, 0.25) is 0 Å². The molecule has 1 aliphatic heterocycles. The van der Waals surface area contributed by atoms with Crippen LogP contribution >= 0.6 is 16.5 Å². The first-order chi connectivity index (χ1) is 19.5. The molecule has 0 amide bonds. The Hall–Kier alpha value is -0.700. The van der Waals surface area contributed by atoms with E-state index in [9.17, 15) is 0 Å². The Bertz CT molecular complexity index is 1160. The van der Waals surface area contributed by atoms with E-state index >= 15 is 0 Å². The Morgan fingerprint density at radius 1 is 0.500 bits per heavy atom. The molecule has 2 heteroatoms. The molecule has 1 aliphatic rings. The third-order valence-corrected chi connectivity index (χ3v) is 16.3. The van der Waals surface area contributed by atoms with E-state index < -0.39 is 0 Å². The summed E-state index contributed by atoms with van der Waals surface area (Å²) >= 11 is 0. The minimum atomic E-state index is -0.280. The van der Waals surface area contributed by atoms with Crippen LogP contribution in [0, 0.1) is 0 Å². The van der Waals surface area contributed by atoms with E-state index in [2.05, 4.69) is 163 Å². The first-order valence-corrected chi connectivity index (χ1v) is 20.0. The fourth-order valence-corrected chi connectivity index (χ4v) is 13.8. The summed E-state index contributed by atoms with van der Waals surface area (Å²) in [5.41, 5.74) is 14.1. The lowest BCUT2D eigenvalue weighted by atomic mass is 9.72. The fourth-order valence-electron chi connectivity index (χ4n) is 6.70. The van der Waals surface area contributed by atoms with Crippen LogP contribution < -0.4 is 0 Å². The van der Waals surface area contributed by atoms with Gasteiger partial charge in [0.25, 0.3) is 0 Å². The lowest BCUT2D eigenvalue weighted by Crippen LogP contribution is -2.30. The molecule has 0 N–H and O–H groups in total. The SMILES string of the molecule is CCC(C)P1C(c2c(C(C)(C)C)cc(C(C)(C)C)cc2C(C)(C)C)[P-]C1c1c(C(C)(C)C)cc(C(C)(C)C)cc1C(C)(C)C. The molecule has 3 rings (SSSR count). The van der Waals surface area contributed by atoms with Crippen molar-refractivity contribution in [1.29, 1.82) is 0 Å². The molecule has 44 heavy (non-hydrogen) atoms. The smallest absolute Gasteiger partial charge is 0.0130 e. The molecule has 248 valence electrons. The molecule has 2 aromatic carbocycles. The molecular formula is C42H69P2-. The van der Waals surface area contributed by atoms with Gasteiger partial charge in [0.05, 0.1) is 0 Å². The maximum absolute atomic E-state index is 2.61. The van der Waals surface area contributed by atoms with E-state index in [0.29, 0.717) is 16.5 Å². The zero-order chi connectivity index (χ0) is 34.2. The van der Waals surface area contributed by atoms with E-state index in [1.165, 1.54) is 17.5 Å². The quantitative estimate of drug-likeness (QED) is 0.293. The molecular weight excluding hydrogens is 566 g/mol. The van der Waals surface area contributed by atoms with E-state index in [-0.39, 0.29) is 40.4 Å². The van der Waals surface area contributed by atoms with Gasteiger partial charge in [-0.2, -0.15) is 0 Å². The molecule has 1 heterocycles. The summed E-state index contributed by atoms with van der Waals surface area (Å²) in [5, 5.41) is 1.23. The monoisotopic (exact) mass is 635 g/mol. The second-order valence-electron chi connectivity index (χ2n) is 20.1. The van der Waals surface area contributed by atoms with Crippen LogP contribution in [0.3, 0.4) is 0 Å². The van der Waals surface area contributed by atoms with Crippen molar-refractivity contribution in [2.24, 2.45) is 0 Å². The van der Waals surface area contributed by atoms with E-state index in [4.69, 9.17) is 0 Å². The van der Waals surface area contributed by atoms with Crippen LogP contribution in [0.5, 0.6) is 0 Å². The third kappa shape index (κ3) is 7.71. The standard InChI is InChI=1S/C42H69P2/c1-21-26(2)44-35(33-29(39(9,10)11)22-27(37(3,4)5)23-30(33)40(12,13)14)43-36(44)34-31(41(15,16)17)24-28(38(6,7)8)25-32(34)42(18,19)20/h22-26,35-36H,21H2,1-20H3/q-1. The highest BCUT2D eigenvalue weighted by molar-refractivity contribution is 7.84. The molecule has 0 saturated carbocycles. The second kappa shape index (κ2) is 12.1. The molecule has 0 spiro atoms. The molecule has 0 aliphatic carbocycles. The van der Waals surface area contributed by atoms with Gasteiger partial charge in [-0.05, 0) is 78.0 Å². The lowest BCUT2D eigenvalue weighted by molar-refractivity contribution is 0.539. The highest BCUT2D eigenvalue weighted by Gasteiger charge is 2.42. The highest BCUT2D eigenvalue weighted by Crippen LogP contribution is 2.88. The van der Waals surface area contributed by atoms with Gasteiger partial charge in [0, 0.05) is 0 Å². The Labute approximate surface area is 278 Å². The fraction of sp³-hybridized carbons (Fsp3) is 0.714. The lowest BCUT2D eigenvalue weighted by Gasteiger charge is -2.65.